The molecule has 1 saturated carbocycles. The van der Waals surface area contributed by atoms with E-state index in [1.807, 2.05) is 0 Å². The fourth-order valence-corrected chi connectivity index (χ4v) is 3.72. The van der Waals surface area contributed by atoms with Gasteiger partial charge in [-0.3, -0.25) is 9.69 Å². The number of carboxylic acid groups (broad SMARTS) is 1. The van der Waals surface area contributed by atoms with Gasteiger partial charge in [-0.2, -0.15) is 0 Å². The molecular weight excluding hydrogens is 254 g/mol. The lowest BCUT2D eigenvalue weighted by molar-refractivity contribution is -0.147. The monoisotopic (exact) mass is 283 g/mol. The third-order valence-corrected chi connectivity index (χ3v) is 5.08. The van der Waals surface area contributed by atoms with Crippen molar-refractivity contribution in [3.63, 3.8) is 0 Å². The van der Waals surface area contributed by atoms with Crippen LogP contribution in [-0.2, 0) is 9.53 Å². The number of hydrogen-bond acceptors (Lipinski definition) is 3. The minimum atomic E-state index is -0.618. The van der Waals surface area contributed by atoms with Crippen LogP contribution in [0.25, 0.3) is 0 Å². The smallest absolute Gasteiger partial charge is 0.308 e. The highest BCUT2D eigenvalue weighted by Crippen LogP contribution is 2.41. The quantitative estimate of drug-likeness (QED) is 0.846. The first-order valence-corrected chi connectivity index (χ1v) is 7.94. The molecule has 1 aliphatic heterocycles. The minimum absolute atomic E-state index is 0.187. The highest BCUT2D eigenvalue weighted by Gasteiger charge is 2.41. The fourth-order valence-electron chi connectivity index (χ4n) is 3.72. The number of ether oxygens (including phenoxy) is 1. The fraction of sp³-hybridized carbons (Fsp3) is 0.938. The van der Waals surface area contributed by atoms with E-state index >= 15 is 0 Å². The summed E-state index contributed by atoms with van der Waals surface area (Å²) in [5.41, 5.74) is 0.268. The lowest BCUT2D eigenvalue weighted by Crippen LogP contribution is -2.49. The number of rotatable bonds is 2. The van der Waals surface area contributed by atoms with Gasteiger partial charge in [0.1, 0.15) is 0 Å². The van der Waals surface area contributed by atoms with Crippen molar-refractivity contribution >= 4 is 5.97 Å². The zero-order chi connectivity index (χ0) is 14.8. The zero-order valence-electron chi connectivity index (χ0n) is 13.1. The third kappa shape index (κ3) is 3.73. The zero-order valence-corrected chi connectivity index (χ0v) is 13.1. The Morgan fingerprint density at radius 1 is 1.20 bits per heavy atom. The lowest BCUT2D eigenvalue weighted by Gasteiger charge is -2.44. The maximum Gasteiger partial charge on any atom is 0.308 e. The van der Waals surface area contributed by atoms with Crippen LogP contribution < -0.4 is 0 Å². The van der Waals surface area contributed by atoms with Gasteiger partial charge in [0.25, 0.3) is 0 Å². The molecule has 2 aliphatic rings. The lowest BCUT2D eigenvalue weighted by atomic mass is 9.67. The number of nitrogens with zero attached hydrogens (tertiary/aromatic N) is 1. The van der Waals surface area contributed by atoms with Crippen molar-refractivity contribution in [3.8, 4) is 0 Å². The van der Waals surface area contributed by atoms with Gasteiger partial charge in [0, 0.05) is 25.7 Å². The van der Waals surface area contributed by atoms with Crippen molar-refractivity contribution in [1.29, 1.82) is 0 Å². The summed E-state index contributed by atoms with van der Waals surface area (Å²) in [5, 5.41) is 9.54. The normalized spacial score (nSPS) is 33.6. The highest BCUT2D eigenvalue weighted by molar-refractivity contribution is 5.71. The molecule has 3 atom stereocenters. The summed E-state index contributed by atoms with van der Waals surface area (Å²) in [7, 11) is 0. The summed E-state index contributed by atoms with van der Waals surface area (Å²) in [6.45, 7) is 10.2. The van der Waals surface area contributed by atoms with Crippen LogP contribution in [0.2, 0.25) is 0 Å². The van der Waals surface area contributed by atoms with Crippen molar-refractivity contribution in [1.82, 2.24) is 4.90 Å². The molecule has 0 aromatic heterocycles. The van der Waals surface area contributed by atoms with Crippen LogP contribution in [0.1, 0.15) is 46.5 Å². The first-order chi connectivity index (χ1) is 9.39. The molecule has 4 nitrogen and oxygen atoms in total. The summed E-state index contributed by atoms with van der Waals surface area (Å²) in [6.07, 6.45) is 3.89. The van der Waals surface area contributed by atoms with Crippen LogP contribution in [0.3, 0.4) is 0 Å². The molecule has 2 rings (SSSR count). The maximum absolute atomic E-state index is 11.6. The van der Waals surface area contributed by atoms with Crippen LogP contribution in [0.15, 0.2) is 0 Å². The van der Waals surface area contributed by atoms with Gasteiger partial charge in [0.05, 0.1) is 12.5 Å². The van der Waals surface area contributed by atoms with Gasteiger partial charge in [-0.25, -0.2) is 0 Å². The van der Waals surface area contributed by atoms with Crippen molar-refractivity contribution in [3.05, 3.63) is 0 Å². The molecule has 4 heteroatoms. The van der Waals surface area contributed by atoms with Crippen molar-refractivity contribution in [2.24, 2.45) is 17.3 Å². The van der Waals surface area contributed by atoms with E-state index in [9.17, 15) is 9.90 Å². The molecule has 0 bridgehead atoms. The summed E-state index contributed by atoms with van der Waals surface area (Å²) in [5.74, 6) is -0.202. The standard InChI is InChI=1S/C16H29NO3/c1-16(2,3)12-5-6-13(15(18)19)14(11-12)17-7-4-9-20-10-8-17/h12-14H,4-11H2,1-3H3,(H,18,19). The average Bonchev–Trinajstić information content (AvgIpc) is 2.65. The highest BCUT2D eigenvalue weighted by atomic mass is 16.5. The van der Waals surface area contributed by atoms with Crippen LogP contribution in [0.4, 0.5) is 0 Å². The SMILES string of the molecule is CC(C)(C)C1CCC(C(=O)O)C(N2CCCOCC2)C1. The molecule has 1 aliphatic carbocycles. The van der Waals surface area contributed by atoms with Crippen molar-refractivity contribution in [2.75, 3.05) is 26.3 Å². The molecule has 116 valence electrons. The van der Waals surface area contributed by atoms with E-state index in [-0.39, 0.29) is 17.4 Å². The van der Waals surface area contributed by atoms with E-state index < -0.39 is 5.97 Å². The number of hydrogen-bond donors (Lipinski definition) is 1. The van der Waals surface area contributed by atoms with E-state index in [2.05, 4.69) is 25.7 Å². The number of aliphatic carboxylic acids is 1. The molecule has 0 aromatic carbocycles. The first kappa shape index (κ1) is 15.8. The third-order valence-electron chi connectivity index (χ3n) is 5.08. The Labute approximate surface area is 122 Å². The molecule has 1 heterocycles. The summed E-state index contributed by atoms with van der Waals surface area (Å²) in [4.78, 5) is 14.0. The molecule has 3 unspecified atom stereocenters. The van der Waals surface area contributed by atoms with E-state index in [1.54, 1.807) is 0 Å². The van der Waals surface area contributed by atoms with Crippen molar-refractivity contribution < 1.29 is 14.6 Å². The second-order valence-corrected chi connectivity index (χ2v) is 7.39. The second kappa shape index (κ2) is 6.44. The molecule has 0 spiro atoms. The Balaban J connectivity index is 2.11. The molecule has 0 radical (unpaired) electrons. The molecule has 20 heavy (non-hydrogen) atoms. The van der Waals surface area contributed by atoms with Gasteiger partial charge < -0.3 is 9.84 Å². The number of carboxylic acids is 1. The molecule has 1 N–H and O–H groups in total. The van der Waals surface area contributed by atoms with Gasteiger partial charge >= 0.3 is 5.97 Å². The predicted octanol–water partition coefficient (Wildman–Crippen LogP) is 2.62. The van der Waals surface area contributed by atoms with Gasteiger partial charge in [-0.1, -0.05) is 20.8 Å². The maximum atomic E-state index is 11.6. The Kier molecular flexibility index (Phi) is 5.08. The Bertz CT molecular complexity index is 329. The summed E-state index contributed by atoms with van der Waals surface area (Å²) in [6, 6.07) is 0.187. The van der Waals surface area contributed by atoms with E-state index in [0.717, 1.165) is 52.0 Å². The van der Waals surface area contributed by atoms with E-state index in [4.69, 9.17) is 4.74 Å². The number of carbonyl (C=O) groups is 1. The van der Waals surface area contributed by atoms with Gasteiger partial charge in [0.2, 0.25) is 0 Å². The minimum Gasteiger partial charge on any atom is -0.481 e. The summed E-state index contributed by atoms with van der Waals surface area (Å²) >= 11 is 0. The van der Waals surface area contributed by atoms with Crippen LogP contribution in [-0.4, -0.2) is 48.3 Å². The van der Waals surface area contributed by atoms with E-state index in [1.165, 1.54) is 0 Å². The van der Waals surface area contributed by atoms with Crippen molar-refractivity contribution in [2.45, 2.75) is 52.5 Å². The van der Waals surface area contributed by atoms with E-state index in [0.29, 0.717) is 5.92 Å². The molecular formula is C16H29NO3. The Hall–Kier alpha value is -0.610. The van der Waals surface area contributed by atoms with Gasteiger partial charge in [-0.15, -0.1) is 0 Å². The largest absolute Gasteiger partial charge is 0.481 e. The summed E-state index contributed by atoms with van der Waals surface area (Å²) < 4.78 is 5.52. The Morgan fingerprint density at radius 2 is 1.95 bits per heavy atom. The first-order valence-electron chi connectivity index (χ1n) is 7.94. The second-order valence-electron chi connectivity index (χ2n) is 7.39. The molecule has 0 amide bonds. The molecule has 1 saturated heterocycles. The average molecular weight is 283 g/mol. The van der Waals surface area contributed by atoms with Crippen LogP contribution >= 0.6 is 0 Å². The topological polar surface area (TPSA) is 49.8 Å². The van der Waals surface area contributed by atoms with Crippen LogP contribution in [0, 0.1) is 17.3 Å². The van der Waals surface area contributed by atoms with Gasteiger partial charge in [-0.05, 0) is 37.0 Å². The van der Waals surface area contributed by atoms with Gasteiger partial charge in [0.15, 0.2) is 0 Å². The predicted molar refractivity (Wildman–Crippen MR) is 78.7 cm³/mol. The van der Waals surface area contributed by atoms with Crippen LogP contribution in [0.5, 0.6) is 0 Å². The Morgan fingerprint density at radius 3 is 2.60 bits per heavy atom. The molecule has 0 aromatic rings. The molecule has 2 fully saturated rings.